The van der Waals surface area contributed by atoms with Crippen LogP contribution in [0.2, 0.25) is 0 Å². The number of hydrogen-bond acceptors (Lipinski definition) is 5. The van der Waals surface area contributed by atoms with E-state index in [0.29, 0.717) is 11.4 Å². The summed E-state index contributed by atoms with van der Waals surface area (Å²) in [5, 5.41) is 13.1. The molecule has 0 saturated heterocycles. The van der Waals surface area contributed by atoms with Crippen LogP contribution in [0.3, 0.4) is 0 Å². The molecule has 0 aliphatic carbocycles. The molecule has 1 heterocycles. The summed E-state index contributed by atoms with van der Waals surface area (Å²) in [5.74, 6) is -0.366. The van der Waals surface area contributed by atoms with Crippen molar-refractivity contribution < 1.29 is 22.7 Å². The molecule has 0 radical (unpaired) electrons. The van der Waals surface area contributed by atoms with Crippen LogP contribution in [0.25, 0.3) is 5.69 Å². The van der Waals surface area contributed by atoms with E-state index >= 15 is 0 Å². The number of nitrogens with zero attached hydrogens (tertiary/aromatic N) is 4. The summed E-state index contributed by atoms with van der Waals surface area (Å²) in [6, 6.07) is 11.4. The molecule has 1 atom stereocenters. The molecule has 0 bridgehead atoms. The molecule has 1 aromatic heterocycles. The van der Waals surface area contributed by atoms with Crippen LogP contribution in [0.1, 0.15) is 12.5 Å². The Hall–Kier alpha value is -3.43. The normalized spacial score (nSPS) is 12.4. The monoisotopic (exact) mass is 377 g/mol. The number of nitrogens with one attached hydrogen (secondary N) is 1. The second-order valence-corrected chi connectivity index (χ2v) is 5.54. The zero-order chi connectivity index (χ0) is 19.4. The number of carbonyl (C=O) groups is 1. The van der Waals surface area contributed by atoms with Crippen molar-refractivity contribution in [1.29, 1.82) is 0 Å². The molecule has 7 nitrogen and oxygen atoms in total. The van der Waals surface area contributed by atoms with Crippen molar-refractivity contribution >= 4 is 11.6 Å². The average Bonchev–Trinajstić information content (AvgIpc) is 3.16. The molecule has 0 aliphatic rings. The first-order valence-corrected chi connectivity index (χ1v) is 7.82. The van der Waals surface area contributed by atoms with E-state index in [4.69, 9.17) is 4.74 Å². The van der Waals surface area contributed by atoms with Gasteiger partial charge in [-0.3, -0.25) is 4.79 Å². The minimum atomic E-state index is -4.58. The van der Waals surface area contributed by atoms with Gasteiger partial charge in [0, 0.05) is 6.07 Å². The van der Waals surface area contributed by atoms with Gasteiger partial charge >= 0.3 is 6.18 Å². The van der Waals surface area contributed by atoms with Gasteiger partial charge in [-0.2, -0.15) is 13.2 Å². The van der Waals surface area contributed by atoms with Crippen LogP contribution < -0.4 is 10.1 Å². The Bertz CT molecular complexity index is 928. The summed E-state index contributed by atoms with van der Waals surface area (Å²) < 4.78 is 46.0. The summed E-state index contributed by atoms with van der Waals surface area (Å²) in [7, 11) is 0. The Morgan fingerprint density at radius 3 is 2.67 bits per heavy atom. The largest absolute Gasteiger partial charge is 0.481 e. The number of carbonyl (C=O) groups excluding carboxylic acids is 1. The number of para-hydroxylation sites is 1. The molecule has 0 aliphatic heterocycles. The first-order valence-electron chi connectivity index (χ1n) is 7.82. The summed E-state index contributed by atoms with van der Waals surface area (Å²) >= 11 is 0. The van der Waals surface area contributed by atoms with Gasteiger partial charge in [-0.1, -0.05) is 18.2 Å². The fourth-order valence-corrected chi connectivity index (χ4v) is 2.31. The lowest BCUT2D eigenvalue weighted by Crippen LogP contribution is -2.31. The number of tetrazole rings is 1. The number of ether oxygens (including phenoxy) is 1. The Morgan fingerprint density at radius 2 is 1.96 bits per heavy atom. The summed E-state index contributed by atoms with van der Waals surface area (Å²) in [6.45, 7) is 1.44. The van der Waals surface area contributed by atoms with Crippen LogP contribution in [-0.4, -0.2) is 32.2 Å². The van der Waals surface area contributed by atoms with Crippen molar-refractivity contribution in [1.82, 2.24) is 20.2 Å². The van der Waals surface area contributed by atoms with Crippen molar-refractivity contribution in [2.45, 2.75) is 19.2 Å². The van der Waals surface area contributed by atoms with Gasteiger partial charge in [0.05, 0.1) is 16.9 Å². The van der Waals surface area contributed by atoms with Crippen molar-refractivity contribution in [2.75, 3.05) is 5.32 Å². The zero-order valence-corrected chi connectivity index (χ0v) is 14.0. The van der Waals surface area contributed by atoms with E-state index < -0.39 is 23.8 Å². The lowest BCUT2D eigenvalue weighted by atomic mass is 10.1. The van der Waals surface area contributed by atoms with Crippen molar-refractivity contribution in [3.63, 3.8) is 0 Å². The van der Waals surface area contributed by atoms with Gasteiger partial charge < -0.3 is 10.1 Å². The van der Waals surface area contributed by atoms with E-state index in [-0.39, 0.29) is 5.69 Å². The molecule has 1 N–H and O–H groups in total. The highest BCUT2D eigenvalue weighted by Crippen LogP contribution is 2.34. The minimum Gasteiger partial charge on any atom is -0.481 e. The number of rotatable bonds is 5. The number of benzene rings is 2. The molecule has 140 valence electrons. The molecular formula is C17H14F3N5O2. The lowest BCUT2D eigenvalue weighted by molar-refractivity contribution is -0.137. The summed E-state index contributed by atoms with van der Waals surface area (Å²) in [5.41, 5.74) is -0.647. The molecule has 0 unspecified atom stereocenters. The van der Waals surface area contributed by atoms with Crippen LogP contribution in [-0.2, 0) is 11.0 Å². The number of aromatic nitrogens is 4. The highest BCUT2D eigenvalue weighted by molar-refractivity contribution is 5.94. The van der Waals surface area contributed by atoms with Crippen LogP contribution in [0, 0.1) is 0 Å². The van der Waals surface area contributed by atoms with Crippen molar-refractivity contribution in [3.8, 4) is 11.4 Å². The van der Waals surface area contributed by atoms with Crippen molar-refractivity contribution in [3.05, 3.63) is 60.4 Å². The number of amides is 1. The SMILES string of the molecule is C[C@H](Oc1cccc(-n2cnnn2)c1)C(=O)Nc1ccccc1C(F)(F)F. The van der Waals surface area contributed by atoms with Crippen molar-refractivity contribution in [2.24, 2.45) is 0 Å². The predicted octanol–water partition coefficient (Wildman–Crippen LogP) is 3.09. The Labute approximate surface area is 151 Å². The molecule has 0 saturated carbocycles. The highest BCUT2D eigenvalue weighted by atomic mass is 19.4. The zero-order valence-electron chi connectivity index (χ0n) is 14.0. The van der Waals surface area contributed by atoms with Crippen LogP contribution in [0.4, 0.5) is 18.9 Å². The number of alkyl halides is 3. The molecule has 10 heteroatoms. The molecule has 2 aromatic carbocycles. The van der Waals surface area contributed by atoms with Gasteiger partial charge in [-0.15, -0.1) is 5.10 Å². The Kier molecular flexibility index (Phi) is 5.06. The Morgan fingerprint density at radius 1 is 1.19 bits per heavy atom. The molecule has 3 aromatic rings. The third-order valence-corrected chi connectivity index (χ3v) is 3.60. The van der Waals surface area contributed by atoms with E-state index in [1.165, 1.54) is 36.1 Å². The number of anilines is 1. The van der Waals surface area contributed by atoms with Gasteiger partial charge in [0.15, 0.2) is 6.10 Å². The molecule has 0 fully saturated rings. The molecule has 3 rings (SSSR count). The lowest BCUT2D eigenvalue weighted by Gasteiger charge is -2.17. The van der Waals surface area contributed by atoms with E-state index in [9.17, 15) is 18.0 Å². The maximum atomic E-state index is 13.0. The number of hydrogen-bond donors (Lipinski definition) is 1. The average molecular weight is 377 g/mol. The van der Waals surface area contributed by atoms with Gasteiger partial charge in [-0.05, 0) is 41.6 Å². The summed E-state index contributed by atoms with van der Waals surface area (Å²) in [6.07, 6.45) is -4.22. The number of halogens is 3. The molecular weight excluding hydrogens is 363 g/mol. The topological polar surface area (TPSA) is 81.9 Å². The fourth-order valence-electron chi connectivity index (χ4n) is 2.31. The quantitative estimate of drug-likeness (QED) is 0.739. The molecule has 1 amide bonds. The van der Waals surface area contributed by atoms with Gasteiger partial charge in [0.2, 0.25) is 0 Å². The molecule has 27 heavy (non-hydrogen) atoms. The second kappa shape index (κ2) is 7.44. The standard InChI is InChI=1S/C17H14F3N5O2/c1-11(16(26)22-15-8-3-2-7-14(15)17(18,19)20)27-13-6-4-5-12(9-13)25-10-21-23-24-25/h2-11H,1H3,(H,22,26)/t11-/m0/s1. The predicted molar refractivity (Wildman–Crippen MR) is 89.3 cm³/mol. The highest BCUT2D eigenvalue weighted by Gasteiger charge is 2.34. The van der Waals surface area contributed by atoms with Gasteiger partial charge in [0.1, 0.15) is 12.1 Å². The Balaban J connectivity index is 1.71. The van der Waals surface area contributed by atoms with E-state index in [1.807, 2.05) is 0 Å². The first kappa shape index (κ1) is 18.4. The van der Waals surface area contributed by atoms with Crippen LogP contribution in [0.5, 0.6) is 5.75 Å². The maximum absolute atomic E-state index is 13.0. The van der Waals surface area contributed by atoms with Crippen LogP contribution in [0.15, 0.2) is 54.9 Å². The summed E-state index contributed by atoms with van der Waals surface area (Å²) in [4.78, 5) is 12.3. The van der Waals surface area contributed by atoms with Gasteiger partial charge in [-0.25, -0.2) is 4.68 Å². The fraction of sp³-hybridized carbons (Fsp3) is 0.176. The van der Waals surface area contributed by atoms with E-state index in [1.54, 1.807) is 24.3 Å². The molecule has 0 spiro atoms. The minimum absolute atomic E-state index is 0.326. The smallest absolute Gasteiger partial charge is 0.418 e. The third kappa shape index (κ3) is 4.40. The van der Waals surface area contributed by atoms with E-state index in [2.05, 4.69) is 20.8 Å². The van der Waals surface area contributed by atoms with Gasteiger partial charge in [0.25, 0.3) is 5.91 Å². The second-order valence-electron chi connectivity index (χ2n) is 5.54. The third-order valence-electron chi connectivity index (χ3n) is 3.60. The first-order chi connectivity index (χ1) is 12.8. The maximum Gasteiger partial charge on any atom is 0.418 e. The van der Waals surface area contributed by atoms with E-state index in [0.717, 1.165) is 6.07 Å². The van der Waals surface area contributed by atoms with Crippen LogP contribution >= 0.6 is 0 Å².